The molecule has 1 rings (SSSR count). The highest BCUT2D eigenvalue weighted by atomic mass is 16.2. The third-order valence-electron chi connectivity index (χ3n) is 3.30. The standard InChI is InChI=1S/C13H26N4O2/c1-3-14-13(19)16-12(18)10-17(4-2)9-11-7-5-6-8-15-11/h11,15H,3-10H2,1-2H3,(H2,14,16,18,19). The number of carbonyl (C=O) groups is 2. The Labute approximate surface area is 115 Å². The molecule has 1 atom stereocenters. The smallest absolute Gasteiger partial charge is 0.321 e. The van der Waals surface area contributed by atoms with Crippen LogP contribution in [0.2, 0.25) is 0 Å². The lowest BCUT2D eigenvalue weighted by atomic mass is 10.0. The molecular formula is C13H26N4O2. The molecule has 3 amide bonds. The van der Waals surface area contributed by atoms with Crippen LogP contribution in [0.3, 0.4) is 0 Å². The van der Waals surface area contributed by atoms with Crippen LogP contribution < -0.4 is 16.0 Å². The Kier molecular flexibility index (Phi) is 7.43. The SMILES string of the molecule is CCNC(=O)NC(=O)CN(CC)CC1CCCCN1. The number of nitrogens with zero attached hydrogens (tertiary/aromatic N) is 1. The van der Waals surface area contributed by atoms with E-state index < -0.39 is 6.03 Å². The number of imide groups is 1. The van der Waals surface area contributed by atoms with E-state index >= 15 is 0 Å². The molecule has 1 fully saturated rings. The van der Waals surface area contributed by atoms with E-state index in [-0.39, 0.29) is 12.5 Å². The van der Waals surface area contributed by atoms with E-state index in [2.05, 4.69) is 20.9 Å². The molecule has 6 heteroatoms. The Morgan fingerprint density at radius 3 is 2.68 bits per heavy atom. The summed E-state index contributed by atoms with van der Waals surface area (Å²) in [6.45, 7) is 7.36. The highest BCUT2D eigenvalue weighted by molar-refractivity contribution is 5.95. The lowest BCUT2D eigenvalue weighted by molar-refractivity contribution is -0.121. The highest BCUT2D eigenvalue weighted by Gasteiger charge is 2.18. The fourth-order valence-corrected chi connectivity index (χ4v) is 2.27. The second-order valence-electron chi connectivity index (χ2n) is 4.88. The zero-order valence-corrected chi connectivity index (χ0v) is 12.0. The van der Waals surface area contributed by atoms with E-state index in [9.17, 15) is 9.59 Å². The first kappa shape index (κ1) is 15.9. The van der Waals surface area contributed by atoms with Gasteiger partial charge in [0, 0.05) is 19.1 Å². The molecule has 0 saturated carbocycles. The van der Waals surface area contributed by atoms with Crippen molar-refractivity contribution < 1.29 is 9.59 Å². The van der Waals surface area contributed by atoms with Gasteiger partial charge in [-0.2, -0.15) is 0 Å². The number of rotatable bonds is 6. The average Bonchev–Trinajstić information content (AvgIpc) is 2.39. The van der Waals surface area contributed by atoms with Gasteiger partial charge in [-0.1, -0.05) is 13.3 Å². The average molecular weight is 270 g/mol. The summed E-state index contributed by atoms with van der Waals surface area (Å²) >= 11 is 0. The van der Waals surface area contributed by atoms with Gasteiger partial charge < -0.3 is 10.6 Å². The van der Waals surface area contributed by atoms with Crippen molar-refractivity contribution in [1.29, 1.82) is 0 Å². The predicted molar refractivity (Wildman–Crippen MR) is 75.0 cm³/mol. The van der Waals surface area contributed by atoms with Gasteiger partial charge in [-0.15, -0.1) is 0 Å². The molecule has 1 unspecified atom stereocenters. The third kappa shape index (κ3) is 6.54. The number of hydrogen-bond donors (Lipinski definition) is 3. The molecule has 0 radical (unpaired) electrons. The number of carbonyl (C=O) groups excluding carboxylic acids is 2. The van der Waals surface area contributed by atoms with Gasteiger partial charge in [-0.3, -0.25) is 15.0 Å². The lowest BCUT2D eigenvalue weighted by Crippen LogP contribution is -2.48. The molecular weight excluding hydrogens is 244 g/mol. The first-order valence-corrected chi connectivity index (χ1v) is 7.19. The summed E-state index contributed by atoms with van der Waals surface area (Å²) in [6, 6.07) is 0.0466. The van der Waals surface area contributed by atoms with Gasteiger partial charge in [0.15, 0.2) is 0 Å². The van der Waals surface area contributed by atoms with Crippen LogP contribution in [0.1, 0.15) is 33.1 Å². The van der Waals surface area contributed by atoms with Gasteiger partial charge >= 0.3 is 6.03 Å². The minimum absolute atomic E-state index is 0.247. The highest BCUT2D eigenvalue weighted by Crippen LogP contribution is 2.08. The number of piperidine rings is 1. The van der Waals surface area contributed by atoms with E-state index in [0.29, 0.717) is 12.6 Å². The van der Waals surface area contributed by atoms with E-state index in [1.54, 1.807) is 0 Å². The molecule has 3 N–H and O–H groups in total. The molecule has 0 aliphatic carbocycles. The second-order valence-corrected chi connectivity index (χ2v) is 4.88. The van der Waals surface area contributed by atoms with Crippen LogP contribution in [-0.4, -0.2) is 55.6 Å². The first-order valence-electron chi connectivity index (χ1n) is 7.19. The topological polar surface area (TPSA) is 73.5 Å². The summed E-state index contributed by atoms with van der Waals surface area (Å²) in [5.41, 5.74) is 0. The van der Waals surface area contributed by atoms with E-state index in [0.717, 1.165) is 26.1 Å². The van der Waals surface area contributed by atoms with Crippen molar-refractivity contribution in [3.63, 3.8) is 0 Å². The van der Waals surface area contributed by atoms with Crippen molar-refractivity contribution in [2.24, 2.45) is 0 Å². The van der Waals surface area contributed by atoms with Crippen LogP contribution in [-0.2, 0) is 4.79 Å². The molecule has 1 saturated heterocycles. The maximum Gasteiger partial charge on any atom is 0.321 e. The first-order chi connectivity index (χ1) is 9.15. The van der Waals surface area contributed by atoms with E-state index in [1.165, 1.54) is 12.8 Å². The van der Waals surface area contributed by atoms with E-state index in [4.69, 9.17) is 0 Å². The lowest BCUT2D eigenvalue weighted by Gasteiger charge is -2.29. The number of nitrogens with one attached hydrogen (secondary N) is 3. The Hall–Kier alpha value is -1.14. The second kappa shape index (κ2) is 8.87. The largest absolute Gasteiger partial charge is 0.338 e. The molecule has 110 valence electrons. The predicted octanol–water partition coefficient (Wildman–Crippen LogP) is 0.296. The number of urea groups is 1. The van der Waals surface area contributed by atoms with Gasteiger partial charge in [0.1, 0.15) is 0 Å². The van der Waals surface area contributed by atoms with Crippen LogP contribution in [0, 0.1) is 0 Å². The zero-order valence-electron chi connectivity index (χ0n) is 12.0. The monoisotopic (exact) mass is 270 g/mol. The van der Waals surface area contributed by atoms with Crippen molar-refractivity contribution in [3.8, 4) is 0 Å². The fraction of sp³-hybridized carbons (Fsp3) is 0.846. The van der Waals surface area contributed by atoms with Crippen LogP contribution in [0.15, 0.2) is 0 Å². The summed E-state index contributed by atoms with van der Waals surface area (Å²) in [5.74, 6) is -0.247. The molecule has 0 aromatic heterocycles. The molecule has 19 heavy (non-hydrogen) atoms. The summed E-state index contributed by atoms with van der Waals surface area (Å²) in [4.78, 5) is 25.0. The van der Waals surface area contributed by atoms with Crippen LogP contribution >= 0.6 is 0 Å². The summed E-state index contributed by atoms with van der Waals surface area (Å²) < 4.78 is 0. The molecule has 0 spiro atoms. The fourth-order valence-electron chi connectivity index (χ4n) is 2.27. The minimum atomic E-state index is -0.417. The van der Waals surface area contributed by atoms with Gasteiger partial charge in [0.2, 0.25) is 5.91 Å². The van der Waals surface area contributed by atoms with Crippen molar-refractivity contribution in [1.82, 2.24) is 20.9 Å². The summed E-state index contributed by atoms with van der Waals surface area (Å²) in [5, 5.41) is 8.34. The van der Waals surface area contributed by atoms with Crippen molar-refractivity contribution in [2.75, 3.05) is 32.7 Å². The zero-order chi connectivity index (χ0) is 14.1. The van der Waals surface area contributed by atoms with Gasteiger partial charge in [-0.25, -0.2) is 4.79 Å². The van der Waals surface area contributed by atoms with Crippen molar-refractivity contribution >= 4 is 11.9 Å². The Morgan fingerprint density at radius 1 is 1.32 bits per heavy atom. The van der Waals surface area contributed by atoms with Crippen molar-refractivity contribution in [2.45, 2.75) is 39.2 Å². The van der Waals surface area contributed by atoms with Crippen LogP contribution in [0.25, 0.3) is 0 Å². The Morgan fingerprint density at radius 2 is 2.11 bits per heavy atom. The van der Waals surface area contributed by atoms with Crippen molar-refractivity contribution in [3.05, 3.63) is 0 Å². The quantitative estimate of drug-likeness (QED) is 0.649. The molecule has 0 aromatic carbocycles. The number of hydrogen-bond acceptors (Lipinski definition) is 4. The maximum atomic E-state index is 11.7. The maximum absolute atomic E-state index is 11.7. The van der Waals surface area contributed by atoms with Gasteiger partial charge in [0.25, 0.3) is 0 Å². The summed E-state index contributed by atoms with van der Waals surface area (Å²) in [6.07, 6.45) is 3.65. The summed E-state index contributed by atoms with van der Waals surface area (Å²) in [7, 11) is 0. The molecule has 1 aliphatic rings. The molecule has 1 aliphatic heterocycles. The number of amides is 3. The van der Waals surface area contributed by atoms with Gasteiger partial charge in [0.05, 0.1) is 6.54 Å². The van der Waals surface area contributed by atoms with E-state index in [1.807, 2.05) is 13.8 Å². The third-order valence-corrected chi connectivity index (χ3v) is 3.30. The van der Waals surface area contributed by atoms with Crippen LogP contribution in [0.5, 0.6) is 0 Å². The molecule has 0 aromatic rings. The van der Waals surface area contributed by atoms with Crippen LogP contribution in [0.4, 0.5) is 4.79 Å². The van der Waals surface area contributed by atoms with Gasteiger partial charge in [-0.05, 0) is 32.9 Å². The molecule has 6 nitrogen and oxygen atoms in total. The Bertz CT molecular complexity index is 290. The molecule has 1 heterocycles. The normalized spacial score (nSPS) is 19.2. The minimum Gasteiger partial charge on any atom is -0.338 e. The Balaban J connectivity index is 2.30. The molecule has 0 bridgehead atoms. The number of likely N-dealkylation sites (N-methyl/N-ethyl adjacent to an activating group) is 1.